The SMILES string of the molecule is CN(C(=O)c1cc(-c2ccco2)n(-c2cccc(Cl)c2)n1)C(C(N)=O)c1cccc(F)c1. The van der Waals surface area contributed by atoms with E-state index in [-0.39, 0.29) is 11.3 Å². The van der Waals surface area contributed by atoms with Gasteiger partial charge < -0.3 is 15.1 Å². The van der Waals surface area contributed by atoms with Crippen LogP contribution < -0.4 is 5.73 Å². The second-order valence-corrected chi connectivity index (χ2v) is 7.50. The molecular formula is C23H18ClFN4O3. The van der Waals surface area contributed by atoms with Crippen LogP contribution in [0.15, 0.2) is 77.4 Å². The van der Waals surface area contributed by atoms with Crippen LogP contribution in [0.25, 0.3) is 17.1 Å². The van der Waals surface area contributed by atoms with Gasteiger partial charge in [0.05, 0.1) is 12.0 Å². The van der Waals surface area contributed by atoms with E-state index in [0.717, 1.165) is 11.0 Å². The molecule has 2 N–H and O–H groups in total. The van der Waals surface area contributed by atoms with Gasteiger partial charge in [0.15, 0.2) is 11.5 Å². The zero-order valence-corrected chi connectivity index (χ0v) is 17.7. The summed E-state index contributed by atoms with van der Waals surface area (Å²) >= 11 is 6.13. The second kappa shape index (κ2) is 8.68. The van der Waals surface area contributed by atoms with Crippen LogP contribution in [0.1, 0.15) is 22.1 Å². The van der Waals surface area contributed by atoms with Crippen LogP contribution in [0, 0.1) is 5.82 Å². The number of nitrogens with zero attached hydrogens (tertiary/aromatic N) is 3. The number of nitrogens with two attached hydrogens (primary N) is 1. The molecule has 162 valence electrons. The highest BCUT2D eigenvalue weighted by Crippen LogP contribution is 2.28. The van der Waals surface area contributed by atoms with E-state index in [2.05, 4.69) is 5.10 Å². The molecule has 1 atom stereocenters. The monoisotopic (exact) mass is 452 g/mol. The molecule has 0 aliphatic heterocycles. The van der Waals surface area contributed by atoms with E-state index in [0.29, 0.717) is 22.2 Å². The van der Waals surface area contributed by atoms with Crippen molar-refractivity contribution < 1.29 is 18.4 Å². The number of rotatable bonds is 6. The highest BCUT2D eigenvalue weighted by atomic mass is 35.5. The first-order valence-electron chi connectivity index (χ1n) is 9.57. The second-order valence-electron chi connectivity index (χ2n) is 7.06. The quantitative estimate of drug-likeness (QED) is 0.473. The van der Waals surface area contributed by atoms with Crippen LogP contribution in [-0.4, -0.2) is 33.5 Å². The number of hydrogen-bond acceptors (Lipinski definition) is 4. The lowest BCUT2D eigenvalue weighted by Crippen LogP contribution is -2.39. The Bertz CT molecular complexity index is 1290. The first-order chi connectivity index (χ1) is 15.3. The van der Waals surface area contributed by atoms with Gasteiger partial charge >= 0.3 is 0 Å². The van der Waals surface area contributed by atoms with Crippen molar-refractivity contribution in [1.82, 2.24) is 14.7 Å². The molecular weight excluding hydrogens is 435 g/mol. The summed E-state index contributed by atoms with van der Waals surface area (Å²) < 4.78 is 20.7. The average Bonchev–Trinajstić information content (AvgIpc) is 3.43. The van der Waals surface area contributed by atoms with Crippen LogP contribution in [0.5, 0.6) is 0 Å². The zero-order valence-electron chi connectivity index (χ0n) is 16.9. The Labute approximate surface area is 187 Å². The van der Waals surface area contributed by atoms with Crippen molar-refractivity contribution in [3.63, 3.8) is 0 Å². The minimum absolute atomic E-state index is 0.0431. The number of halogens is 2. The Kier molecular flexibility index (Phi) is 5.79. The molecule has 2 heterocycles. The number of carbonyl (C=O) groups excluding carboxylic acids is 2. The molecule has 2 amide bonds. The highest BCUT2D eigenvalue weighted by Gasteiger charge is 2.30. The fourth-order valence-corrected chi connectivity index (χ4v) is 3.63. The van der Waals surface area contributed by atoms with Gasteiger partial charge in [-0.05, 0) is 48.0 Å². The number of furan rings is 1. The summed E-state index contributed by atoms with van der Waals surface area (Å²) in [6.45, 7) is 0. The molecule has 0 aliphatic carbocycles. The third-order valence-corrected chi connectivity index (χ3v) is 5.13. The van der Waals surface area contributed by atoms with Crippen LogP contribution in [0.3, 0.4) is 0 Å². The zero-order chi connectivity index (χ0) is 22.8. The van der Waals surface area contributed by atoms with E-state index in [4.69, 9.17) is 21.8 Å². The van der Waals surface area contributed by atoms with Crippen molar-refractivity contribution in [1.29, 1.82) is 0 Å². The Morgan fingerprint density at radius 2 is 1.91 bits per heavy atom. The summed E-state index contributed by atoms with van der Waals surface area (Å²) in [6, 6.07) is 16.1. The highest BCUT2D eigenvalue weighted by molar-refractivity contribution is 6.30. The Morgan fingerprint density at radius 3 is 2.56 bits per heavy atom. The normalized spacial score (nSPS) is 11.8. The number of carbonyl (C=O) groups is 2. The predicted octanol–water partition coefficient (Wildman–Crippen LogP) is 4.22. The number of aromatic nitrogens is 2. The van der Waals surface area contributed by atoms with Gasteiger partial charge in [-0.15, -0.1) is 0 Å². The summed E-state index contributed by atoms with van der Waals surface area (Å²) in [5.74, 6) is -1.44. The largest absolute Gasteiger partial charge is 0.463 e. The lowest BCUT2D eigenvalue weighted by molar-refractivity contribution is -0.122. The molecule has 0 saturated heterocycles. The maximum absolute atomic E-state index is 13.7. The molecule has 0 fully saturated rings. The molecule has 4 aromatic rings. The topological polar surface area (TPSA) is 94.4 Å². The Hall–Kier alpha value is -3.91. The van der Waals surface area contributed by atoms with E-state index in [1.807, 2.05) is 0 Å². The molecule has 0 saturated carbocycles. The molecule has 2 aromatic carbocycles. The predicted molar refractivity (Wildman–Crippen MR) is 117 cm³/mol. The molecule has 2 aromatic heterocycles. The molecule has 9 heteroatoms. The first-order valence-corrected chi connectivity index (χ1v) is 9.95. The van der Waals surface area contributed by atoms with Gasteiger partial charge in [0.25, 0.3) is 5.91 Å². The lowest BCUT2D eigenvalue weighted by Gasteiger charge is -2.25. The van der Waals surface area contributed by atoms with Crippen molar-refractivity contribution in [2.45, 2.75) is 6.04 Å². The summed E-state index contributed by atoms with van der Waals surface area (Å²) in [7, 11) is 1.41. The summed E-state index contributed by atoms with van der Waals surface area (Å²) in [6.07, 6.45) is 1.51. The maximum Gasteiger partial charge on any atom is 0.275 e. The van der Waals surface area contributed by atoms with E-state index < -0.39 is 23.7 Å². The fraction of sp³-hybridized carbons (Fsp3) is 0.0870. The minimum Gasteiger partial charge on any atom is -0.463 e. The van der Waals surface area contributed by atoms with Crippen molar-refractivity contribution in [3.8, 4) is 17.1 Å². The number of likely N-dealkylation sites (N-methyl/N-ethyl adjacent to an activating group) is 1. The number of primary amides is 1. The molecule has 0 radical (unpaired) electrons. The molecule has 0 aliphatic rings. The van der Waals surface area contributed by atoms with E-state index >= 15 is 0 Å². The van der Waals surface area contributed by atoms with Gasteiger partial charge in [-0.25, -0.2) is 9.07 Å². The molecule has 4 rings (SSSR count). The van der Waals surface area contributed by atoms with Gasteiger partial charge in [-0.1, -0.05) is 29.8 Å². The lowest BCUT2D eigenvalue weighted by atomic mass is 10.0. The van der Waals surface area contributed by atoms with Gasteiger partial charge in [0.1, 0.15) is 17.6 Å². The smallest absolute Gasteiger partial charge is 0.275 e. The van der Waals surface area contributed by atoms with Crippen LogP contribution in [0.2, 0.25) is 5.02 Å². The Balaban J connectivity index is 1.76. The van der Waals surface area contributed by atoms with Gasteiger partial charge in [0.2, 0.25) is 5.91 Å². The Morgan fingerprint density at radius 1 is 1.12 bits per heavy atom. The van der Waals surface area contributed by atoms with Gasteiger partial charge in [-0.2, -0.15) is 5.10 Å². The van der Waals surface area contributed by atoms with Gasteiger partial charge in [0, 0.05) is 18.1 Å². The third-order valence-electron chi connectivity index (χ3n) is 4.90. The van der Waals surface area contributed by atoms with E-state index in [1.54, 1.807) is 42.5 Å². The first kappa shape index (κ1) is 21.3. The molecule has 0 spiro atoms. The summed E-state index contributed by atoms with van der Waals surface area (Å²) in [5, 5.41) is 4.93. The molecule has 0 bridgehead atoms. The molecule has 7 nitrogen and oxygen atoms in total. The third kappa shape index (κ3) is 4.13. The van der Waals surface area contributed by atoms with Crippen molar-refractivity contribution in [2.75, 3.05) is 7.05 Å². The van der Waals surface area contributed by atoms with Crippen molar-refractivity contribution in [2.24, 2.45) is 5.73 Å². The van der Waals surface area contributed by atoms with E-state index in [1.165, 1.54) is 36.2 Å². The maximum atomic E-state index is 13.7. The molecule has 1 unspecified atom stereocenters. The van der Waals surface area contributed by atoms with Crippen LogP contribution in [-0.2, 0) is 4.79 Å². The molecule has 32 heavy (non-hydrogen) atoms. The van der Waals surface area contributed by atoms with Crippen LogP contribution in [0.4, 0.5) is 4.39 Å². The summed E-state index contributed by atoms with van der Waals surface area (Å²) in [4.78, 5) is 26.6. The van der Waals surface area contributed by atoms with Crippen LogP contribution >= 0.6 is 11.6 Å². The van der Waals surface area contributed by atoms with Crippen molar-refractivity contribution in [3.05, 3.63) is 95.1 Å². The minimum atomic E-state index is -1.18. The fourth-order valence-electron chi connectivity index (χ4n) is 3.44. The van der Waals surface area contributed by atoms with Crippen molar-refractivity contribution >= 4 is 23.4 Å². The number of hydrogen-bond donors (Lipinski definition) is 1. The van der Waals surface area contributed by atoms with E-state index in [9.17, 15) is 14.0 Å². The standard InChI is InChI=1S/C23H18ClFN4O3/c1-28(21(22(26)30)14-5-2-7-16(25)11-14)23(31)18-13-19(20-9-4-10-32-20)29(27-18)17-8-3-6-15(24)12-17/h2-13,21H,1H3,(H2,26,30). The number of amides is 2. The average molecular weight is 453 g/mol. The summed E-state index contributed by atoms with van der Waals surface area (Å²) in [5.41, 5.74) is 6.97. The number of benzene rings is 2. The van der Waals surface area contributed by atoms with Gasteiger partial charge in [-0.3, -0.25) is 9.59 Å².